The van der Waals surface area contributed by atoms with Crippen molar-refractivity contribution in [3.8, 4) is 0 Å². The Kier molecular flexibility index (Phi) is 6.20. The molecule has 0 radical (unpaired) electrons. The Morgan fingerprint density at radius 2 is 2.00 bits per heavy atom. The van der Waals surface area contributed by atoms with Crippen LogP contribution in [0.2, 0.25) is 0 Å². The van der Waals surface area contributed by atoms with Crippen LogP contribution in [0.3, 0.4) is 0 Å². The molecule has 126 valence electrons. The second kappa shape index (κ2) is 7.92. The van der Waals surface area contributed by atoms with Crippen molar-refractivity contribution in [1.82, 2.24) is 15.1 Å². The fraction of sp³-hybridized carbons (Fsp3) is 0.875. The van der Waals surface area contributed by atoms with E-state index in [0.29, 0.717) is 31.5 Å². The van der Waals surface area contributed by atoms with Gasteiger partial charge in [0.1, 0.15) is 0 Å². The minimum Gasteiger partial charge on any atom is -0.396 e. The van der Waals surface area contributed by atoms with Crippen LogP contribution in [0.5, 0.6) is 0 Å². The second-order valence-corrected chi connectivity index (χ2v) is 6.90. The van der Waals surface area contributed by atoms with Gasteiger partial charge in [0.15, 0.2) is 0 Å². The predicted molar refractivity (Wildman–Crippen MR) is 84.2 cm³/mol. The summed E-state index contributed by atoms with van der Waals surface area (Å²) in [5.74, 6) is 0.864. The number of aliphatic hydroxyl groups is 1. The number of hydrogen-bond donors (Lipinski definition) is 2. The van der Waals surface area contributed by atoms with Crippen LogP contribution in [-0.2, 0) is 9.59 Å². The van der Waals surface area contributed by atoms with E-state index < -0.39 is 0 Å². The number of nitrogens with zero attached hydrogens (tertiary/aromatic N) is 2. The van der Waals surface area contributed by atoms with Crippen LogP contribution < -0.4 is 5.32 Å². The molecule has 2 fully saturated rings. The van der Waals surface area contributed by atoms with Crippen LogP contribution in [0.25, 0.3) is 0 Å². The summed E-state index contributed by atoms with van der Waals surface area (Å²) in [7, 11) is 0. The second-order valence-electron chi connectivity index (χ2n) is 6.90. The van der Waals surface area contributed by atoms with Crippen LogP contribution in [-0.4, -0.2) is 72.1 Å². The topological polar surface area (TPSA) is 72.9 Å². The molecule has 1 unspecified atom stereocenters. The fourth-order valence-electron chi connectivity index (χ4n) is 3.23. The molecule has 2 saturated heterocycles. The number of hydrogen-bond acceptors (Lipinski definition) is 4. The Labute approximate surface area is 132 Å². The van der Waals surface area contributed by atoms with Crippen LogP contribution in [0.15, 0.2) is 0 Å². The van der Waals surface area contributed by atoms with Crippen molar-refractivity contribution >= 4 is 11.8 Å². The lowest BCUT2D eigenvalue weighted by atomic mass is 9.98. The van der Waals surface area contributed by atoms with Crippen LogP contribution >= 0.6 is 0 Å². The highest BCUT2D eigenvalue weighted by atomic mass is 16.3. The SMILES string of the molecule is CC(C)CC1NCCN(CC(=O)N2CCC(CO)CC2)C1=O. The van der Waals surface area contributed by atoms with Crippen molar-refractivity contribution in [2.75, 3.05) is 39.3 Å². The van der Waals surface area contributed by atoms with E-state index in [4.69, 9.17) is 5.11 Å². The molecule has 2 aliphatic rings. The Morgan fingerprint density at radius 3 is 2.59 bits per heavy atom. The van der Waals surface area contributed by atoms with E-state index in [1.807, 2.05) is 4.90 Å². The number of rotatable bonds is 5. The van der Waals surface area contributed by atoms with Crippen molar-refractivity contribution in [2.24, 2.45) is 11.8 Å². The van der Waals surface area contributed by atoms with Crippen molar-refractivity contribution in [3.63, 3.8) is 0 Å². The zero-order chi connectivity index (χ0) is 16.1. The third-order valence-corrected chi connectivity index (χ3v) is 4.64. The molecule has 1 atom stereocenters. The van der Waals surface area contributed by atoms with Gasteiger partial charge in [-0.2, -0.15) is 0 Å². The number of likely N-dealkylation sites (tertiary alicyclic amines) is 1. The maximum atomic E-state index is 12.4. The van der Waals surface area contributed by atoms with Gasteiger partial charge in [-0.3, -0.25) is 9.59 Å². The number of piperidine rings is 1. The van der Waals surface area contributed by atoms with E-state index in [-0.39, 0.29) is 31.0 Å². The summed E-state index contributed by atoms with van der Waals surface area (Å²) in [4.78, 5) is 28.4. The van der Waals surface area contributed by atoms with Gasteiger partial charge in [0.05, 0.1) is 12.6 Å². The van der Waals surface area contributed by atoms with Crippen LogP contribution in [0.1, 0.15) is 33.1 Å². The third-order valence-electron chi connectivity index (χ3n) is 4.64. The van der Waals surface area contributed by atoms with Gasteiger partial charge in [-0.1, -0.05) is 13.8 Å². The van der Waals surface area contributed by atoms with E-state index in [9.17, 15) is 9.59 Å². The van der Waals surface area contributed by atoms with E-state index in [2.05, 4.69) is 19.2 Å². The van der Waals surface area contributed by atoms with E-state index >= 15 is 0 Å². The monoisotopic (exact) mass is 311 g/mol. The molecular weight excluding hydrogens is 282 g/mol. The maximum Gasteiger partial charge on any atom is 0.242 e. The van der Waals surface area contributed by atoms with Gasteiger partial charge in [-0.15, -0.1) is 0 Å². The minimum absolute atomic E-state index is 0.0370. The van der Waals surface area contributed by atoms with Crippen molar-refractivity contribution < 1.29 is 14.7 Å². The Bertz CT molecular complexity index is 392. The zero-order valence-electron chi connectivity index (χ0n) is 13.8. The quantitative estimate of drug-likeness (QED) is 0.753. The van der Waals surface area contributed by atoms with Crippen molar-refractivity contribution in [3.05, 3.63) is 0 Å². The number of carbonyl (C=O) groups excluding carboxylic acids is 2. The molecule has 0 aromatic rings. The van der Waals surface area contributed by atoms with Gasteiger partial charge >= 0.3 is 0 Å². The number of nitrogens with one attached hydrogen (secondary N) is 1. The summed E-state index contributed by atoms with van der Waals surface area (Å²) in [6.45, 7) is 7.34. The van der Waals surface area contributed by atoms with Gasteiger partial charge in [0.25, 0.3) is 0 Å². The van der Waals surface area contributed by atoms with Crippen molar-refractivity contribution in [2.45, 2.75) is 39.2 Å². The molecule has 0 aliphatic carbocycles. The molecule has 6 nitrogen and oxygen atoms in total. The highest BCUT2D eigenvalue weighted by Gasteiger charge is 2.31. The van der Waals surface area contributed by atoms with Crippen LogP contribution in [0, 0.1) is 11.8 Å². The lowest BCUT2D eigenvalue weighted by molar-refractivity contribution is -0.144. The zero-order valence-corrected chi connectivity index (χ0v) is 13.8. The summed E-state index contributed by atoms with van der Waals surface area (Å²) >= 11 is 0. The Balaban J connectivity index is 1.84. The van der Waals surface area contributed by atoms with Gasteiger partial charge in [-0.05, 0) is 31.1 Å². The molecular formula is C16H29N3O3. The molecule has 0 bridgehead atoms. The molecule has 0 saturated carbocycles. The average molecular weight is 311 g/mol. The maximum absolute atomic E-state index is 12.4. The first-order chi connectivity index (χ1) is 10.5. The molecule has 2 N–H and O–H groups in total. The molecule has 2 aliphatic heterocycles. The molecule has 0 spiro atoms. The highest BCUT2D eigenvalue weighted by Crippen LogP contribution is 2.17. The van der Waals surface area contributed by atoms with Gasteiger partial charge < -0.3 is 20.2 Å². The number of carbonyl (C=O) groups is 2. The van der Waals surface area contributed by atoms with Crippen LogP contribution in [0.4, 0.5) is 0 Å². The van der Waals surface area contributed by atoms with Gasteiger partial charge in [-0.25, -0.2) is 0 Å². The largest absolute Gasteiger partial charge is 0.396 e. The summed E-state index contributed by atoms with van der Waals surface area (Å²) in [6, 6.07) is -0.151. The van der Waals surface area contributed by atoms with Gasteiger partial charge in [0, 0.05) is 32.8 Å². The minimum atomic E-state index is -0.151. The summed E-state index contributed by atoms with van der Waals surface area (Å²) < 4.78 is 0. The molecule has 0 aromatic carbocycles. The number of amides is 2. The molecule has 22 heavy (non-hydrogen) atoms. The molecule has 6 heteroatoms. The molecule has 2 rings (SSSR count). The smallest absolute Gasteiger partial charge is 0.242 e. The third kappa shape index (κ3) is 4.43. The lowest BCUT2D eigenvalue weighted by Gasteiger charge is -2.36. The first kappa shape index (κ1) is 17.2. The number of piperazine rings is 1. The van der Waals surface area contributed by atoms with E-state index in [1.165, 1.54) is 0 Å². The Hall–Kier alpha value is -1.14. The summed E-state index contributed by atoms with van der Waals surface area (Å²) in [5.41, 5.74) is 0. The summed E-state index contributed by atoms with van der Waals surface area (Å²) in [5, 5.41) is 12.4. The molecule has 2 heterocycles. The fourth-order valence-corrected chi connectivity index (χ4v) is 3.23. The first-order valence-electron chi connectivity index (χ1n) is 8.42. The highest BCUT2D eigenvalue weighted by molar-refractivity contribution is 5.88. The first-order valence-corrected chi connectivity index (χ1v) is 8.42. The average Bonchev–Trinajstić information content (AvgIpc) is 2.51. The van der Waals surface area contributed by atoms with Gasteiger partial charge in [0.2, 0.25) is 11.8 Å². The standard InChI is InChI=1S/C16H29N3O3/c1-12(2)9-14-16(22)19(8-5-17-14)10-15(21)18-6-3-13(11-20)4-7-18/h12-14,17,20H,3-11H2,1-2H3. The Morgan fingerprint density at radius 1 is 1.32 bits per heavy atom. The predicted octanol–water partition coefficient (Wildman–Crippen LogP) is 0.0638. The van der Waals surface area contributed by atoms with E-state index in [0.717, 1.165) is 25.8 Å². The van der Waals surface area contributed by atoms with E-state index in [1.54, 1.807) is 4.90 Å². The molecule has 2 amide bonds. The number of aliphatic hydroxyl groups excluding tert-OH is 1. The normalized spacial score (nSPS) is 24.2. The molecule has 0 aromatic heterocycles. The van der Waals surface area contributed by atoms with Crippen molar-refractivity contribution in [1.29, 1.82) is 0 Å². The lowest BCUT2D eigenvalue weighted by Crippen LogP contribution is -2.57. The summed E-state index contributed by atoms with van der Waals surface area (Å²) in [6.07, 6.45) is 2.52.